The van der Waals surface area contributed by atoms with Crippen molar-refractivity contribution in [2.24, 2.45) is 5.41 Å². The van der Waals surface area contributed by atoms with Crippen LogP contribution in [0.2, 0.25) is 0 Å². The van der Waals surface area contributed by atoms with Gasteiger partial charge in [-0.15, -0.1) is 0 Å². The minimum absolute atomic E-state index is 0.0903. The van der Waals surface area contributed by atoms with Gasteiger partial charge < -0.3 is 15.3 Å². The summed E-state index contributed by atoms with van der Waals surface area (Å²) in [6.07, 6.45) is 4.38. The van der Waals surface area contributed by atoms with Gasteiger partial charge in [-0.3, -0.25) is 14.4 Å². The molecule has 6 nitrogen and oxygen atoms in total. The third-order valence-electron chi connectivity index (χ3n) is 3.44. The molecule has 0 aromatic rings. The minimum Gasteiger partial charge on any atom is -0.481 e. The van der Waals surface area contributed by atoms with E-state index < -0.39 is 36.2 Å². The van der Waals surface area contributed by atoms with Crippen LogP contribution < -0.4 is 0 Å². The molecular formula is C14H24O6. The van der Waals surface area contributed by atoms with Gasteiger partial charge in [0, 0.05) is 0 Å². The Morgan fingerprint density at radius 3 is 1.65 bits per heavy atom. The Kier molecular flexibility index (Phi) is 8.59. The molecule has 0 saturated carbocycles. The molecule has 0 aromatic carbocycles. The maximum absolute atomic E-state index is 11.3. The smallest absolute Gasteiger partial charge is 0.310 e. The zero-order valence-corrected chi connectivity index (χ0v) is 11.9. The van der Waals surface area contributed by atoms with Crippen LogP contribution >= 0.6 is 0 Å². The predicted molar refractivity (Wildman–Crippen MR) is 72.6 cm³/mol. The van der Waals surface area contributed by atoms with Gasteiger partial charge in [0.1, 0.15) is 0 Å². The van der Waals surface area contributed by atoms with Crippen molar-refractivity contribution in [3.05, 3.63) is 0 Å². The number of hydrogen-bond acceptors (Lipinski definition) is 3. The Bertz CT molecular complexity index is 321. The van der Waals surface area contributed by atoms with Crippen molar-refractivity contribution in [3.63, 3.8) is 0 Å². The average molecular weight is 288 g/mol. The summed E-state index contributed by atoms with van der Waals surface area (Å²) in [4.78, 5) is 33.0. The third-order valence-corrected chi connectivity index (χ3v) is 3.44. The number of unbranched alkanes of at least 4 members (excludes halogenated alkanes) is 5. The summed E-state index contributed by atoms with van der Waals surface area (Å²) in [5, 5.41) is 26.9. The molecule has 0 unspecified atom stereocenters. The van der Waals surface area contributed by atoms with Crippen molar-refractivity contribution in [1.29, 1.82) is 0 Å². The summed E-state index contributed by atoms with van der Waals surface area (Å²) < 4.78 is 0. The number of rotatable bonds is 12. The maximum Gasteiger partial charge on any atom is 0.310 e. The van der Waals surface area contributed by atoms with Gasteiger partial charge in [0.05, 0.1) is 18.3 Å². The van der Waals surface area contributed by atoms with E-state index in [0.29, 0.717) is 6.42 Å². The third kappa shape index (κ3) is 7.11. The lowest BCUT2D eigenvalue weighted by molar-refractivity contribution is -0.161. The van der Waals surface area contributed by atoms with Gasteiger partial charge in [-0.25, -0.2) is 0 Å². The molecule has 0 aliphatic heterocycles. The molecule has 0 atom stereocenters. The summed E-state index contributed by atoms with van der Waals surface area (Å²) in [6.45, 7) is 2.09. The highest BCUT2D eigenvalue weighted by Crippen LogP contribution is 2.34. The lowest BCUT2D eigenvalue weighted by Gasteiger charge is -2.26. The normalized spacial score (nSPS) is 11.2. The Hall–Kier alpha value is -1.59. The van der Waals surface area contributed by atoms with Gasteiger partial charge in [-0.1, -0.05) is 45.4 Å². The number of carbonyl (C=O) groups is 3. The van der Waals surface area contributed by atoms with Crippen LogP contribution in [0.1, 0.15) is 64.7 Å². The van der Waals surface area contributed by atoms with E-state index in [2.05, 4.69) is 6.92 Å². The summed E-state index contributed by atoms with van der Waals surface area (Å²) in [5.41, 5.74) is -1.69. The molecule has 116 valence electrons. The van der Waals surface area contributed by atoms with Crippen LogP contribution in [0.4, 0.5) is 0 Å². The molecule has 0 heterocycles. The predicted octanol–water partition coefficient (Wildman–Crippen LogP) is 2.76. The molecule has 0 radical (unpaired) electrons. The quantitative estimate of drug-likeness (QED) is 0.476. The van der Waals surface area contributed by atoms with E-state index in [0.717, 1.165) is 32.1 Å². The Morgan fingerprint density at radius 1 is 0.800 bits per heavy atom. The van der Waals surface area contributed by atoms with Gasteiger partial charge in [0.15, 0.2) is 0 Å². The van der Waals surface area contributed by atoms with E-state index in [9.17, 15) is 19.5 Å². The van der Waals surface area contributed by atoms with Crippen LogP contribution in [0, 0.1) is 5.41 Å². The van der Waals surface area contributed by atoms with Crippen LogP contribution in [0.5, 0.6) is 0 Å². The molecule has 0 saturated heterocycles. The van der Waals surface area contributed by atoms with E-state index in [1.165, 1.54) is 0 Å². The standard InChI is InChI=1S/C14H24O6/c1-2-3-4-5-6-7-8-14(13(19)20,9-11(15)16)10-12(17)18/h2-10H2,1H3,(H,15,16)(H,17,18)(H,19,20). The first kappa shape index (κ1) is 18.4. The van der Waals surface area contributed by atoms with Crippen molar-refractivity contribution in [3.8, 4) is 0 Å². The van der Waals surface area contributed by atoms with Crippen LogP contribution in [-0.4, -0.2) is 33.2 Å². The highest BCUT2D eigenvalue weighted by Gasteiger charge is 2.42. The van der Waals surface area contributed by atoms with Crippen molar-refractivity contribution >= 4 is 17.9 Å². The molecule has 0 bridgehead atoms. The van der Waals surface area contributed by atoms with Gasteiger partial charge in [-0.05, 0) is 6.42 Å². The fraction of sp³-hybridized carbons (Fsp3) is 0.786. The lowest BCUT2D eigenvalue weighted by atomic mass is 9.76. The molecular weight excluding hydrogens is 264 g/mol. The fourth-order valence-electron chi connectivity index (χ4n) is 2.32. The largest absolute Gasteiger partial charge is 0.481 e. The zero-order valence-electron chi connectivity index (χ0n) is 11.9. The Balaban J connectivity index is 4.54. The monoisotopic (exact) mass is 288 g/mol. The first-order valence-electron chi connectivity index (χ1n) is 7.01. The first-order valence-corrected chi connectivity index (χ1v) is 7.01. The van der Waals surface area contributed by atoms with Crippen molar-refractivity contribution in [1.82, 2.24) is 0 Å². The van der Waals surface area contributed by atoms with Crippen LogP contribution in [0.25, 0.3) is 0 Å². The molecule has 3 N–H and O–H groups in total. The van der Waals surface area contributed by atoms with E-state index in [4.69, 9.17) is 10.2 Å². The molecule has 0 aliphatic carbocycles. The second kappa shape index (κ2) is 9.34. The number of carboxylic acid groups (broad SMARTS) is 3. The molecule has 0 aliphatic rings. The molecule has 0 rings (SSSR count). The maximum atomic E-state index is 11.3. The summed E-state index contributed by atoms with van der Waals surface area (Å²) in [7, 11) is 0. The average Bonchev–Trinajstić information content (AvgIpc) is 2.31. The molecule has 0 fully saturated rings. The second-order valence-electron chi connectivity index (χ2n) is 5.24. The minimum atomic E-state index is -1.69. The molecule has 6 heteroatoms. The van der Waals surface area contributed by atoms with E-state index in [-0.39, 0.29) is 6.42 Å². The van der Waals surface area contributed by atoms with Crippen molar-refractivity contribution in [2.75, 3.05) is 0 Å². The highest BCUT2D eigenvalue weighted by atomic mass is 16.4. The number of aliphatic carboxylic acids is 3. The Morgan fingerprint density at radius 2 is 1.25 bits per heavy atom. The zero-order chi connectivity index (χ0) is 15.6. The molecule has 0 amide bonds. The van der Waals surface area contributed by atoms with Gasteiger partial charge in [0.25, 0.3) is 0 Å². The van der Waals surface area contributed by atoms with Crippen LogP contribution in [0.3, 0.4) is 0 Å². The van der Waals surface area contributed by atoms with Gasteiger partial charge in [-0.2, -0.15) is 0 Å². The van der Waals surface area contributed by atoms with Gasteiger partial charge >= 0.3 is 17.9 Å². The topological polar surface area (TPSA) is 112 Å². The van der Waals surface area contributed by atoms with Crippen molar-refractivity contribution in [2.45, 2.75) is 64.7 Å². The van der Waals surface area contributed by atoms with E-state index in [1.807, 2.05) is 0 Å². The number of hydrogen-bond donors (Lipinski definition) is 3. The highest BCUT2D eigenvalue weighted by molar-refractivity contribution is 5.85. The SMILES string of the molecule is CCCCCCCCC(CC(=O)O)(CC(=O)O)C(=O)O. The van der Waals surface area contributed by atoms with Crippen LogP contribution in [-0.2, 0) is 14.4 Å². The van der Waals surface area contributed by atoms with Crippen LogP contribution in [0.15, 0.2) is 0 Å². The first-order chi connectivity index (χ1) is 9.34. The van der Waals surface area contributed by atoms with Gasteiger partial charge in [0.2, 0.25) is 0 Å². The second-order valence-corrected chi connectivity index (χ2v) is 5.24. The number of carboxylic acids is 3. The van der Waals surface area contributed by atoms with E-state index in [1.54, 1.807) is 0 Å². The molecule has 0 aromatic heterocycles. The molecule has 20 heavy (non-hydrogen) atoms. The lowest BCUT2D eigenvalue weighted by Crippen LogP contribution is -2.36. The fourth-order valence-corrected chi connectivity index (χ4v) is 2.32. The Labute approximate surface area is 118 Å². The van der Waals surface area contributed by atoms with Crippen molar-refractivity contribution < 1.29 is 29.7 Å². The summed E-state index contributed by atoms with van der Waals surface area (Å²) >= 11 is 0. The summed E-state index contributed by atoms with van der Waals surface area (Å²) in [5.74, 6) is -3.89. The van der Waals surface area contributed by atoms with E-state index >= 15 is 0 Å². The molecule has 0 spiro atoms. The summed E-state index contributed by atoms with van der Waals surface area (Å²) in [6, 6.07) is 0.